The Labute approximate surface area is 193 Å². The molecule has 2 nitrogen and oxygen atoms in total. The first kappa shape index (κ1) is 22.1. The van der Waals surface area contributed by atoms with E-state index in [9.17, 15) is 4.79 Å². The second kappa shape index (κ2) is 8.29. The fourth-order valence-corrected chi connectivity index (χ4v) is 5.43. The van der Waals surface area contributed by atoms with Crippen molar-refractivity contribution in [2.24, 2.45) is 17.3 Å². The predicted molar refractivity (Wildman–Crippen MR) is 123 cm³/mol. The first-order chi connectivity index (χ1) is 13.0. The van der Waals surface area contributed by atoms with E-state index in [1.165, 1.54) is 0 Å². The highest BCUT2D eigenvalue weighted by Crippen LogP contribution is 2.65. The van der Waals surface area contributed by atoms with E-state index < -0.39 is 3.24 Å². The van der Waals surface area contributed by atoms with Crippen molar-refractivity contribution in [1.82, 2.24) is 0 Å². The van der Waals surface area contributed by atoms with Crippen LogP contribution in [0.3, 0.4) is 0 Å². The van der Waals surface area contributed by atoms with Crippen molar-refractivity contribution in [3.05, 3.63) is 59.7 Å². The summed E-state index contributed by atoms with van der Waals surface area (Å²) in [6, 6.07) is 16.3. The van der Waals surface area contributed by atoms with Crippen LogP contribution in [0.5, 0.6) is 0 Å². The molecule has 0 aliphatic heterocycles. The van der Waals surface area contributed by atoms with Gasteiger partial charge in [0.1, 0.15) is 6.61 Å². The second-order valence-corrected chi connectivity index (χ2v) is 12.4. The molecule has 1 unspecified atom stereocenters. The molecule has 0 heterocycles. The Kier molecular flexibility index (Phi) is 6.56. The minimum atomic E-state index is -1.13. The maximum absolute atomic E-state index is 12.8. The van der Waals surface area contributed by atoms with Crippen molar-refractivity contribution in [1.29, 1.82) is 0 Å². The summed E-state index contributed by atoms with van der Waals surface area (Å²) in [5.41, 5.74) is 4.19. The van der Waals surface area contributed by atoms with E-state index in [2.05, 4.69) is 57.0 Å². The molecule has 2 aromatic rings. The summed E-state index contributed by atoms with van der Waals surface area (Å²) in [4.78, 5) is 12.5. The number of hydrogen-bond acceptors (Lipinski definition) is 2. The molecule has 0 saturated heterocycles. The number of rotatable bonds is 6. The average Bonchev–Trinajstić information content (AvgIpc) is 3.21. The van der Waals surface area contributed by atoms with Crippen LogP contribution in [0, 0.1) is 24.2 Å². The quantitative estimate of drug-likeness (QED) is 0.280. The Balaban J connectivity index is 1.71. The summed E-state index contributed by atoms with van der Waals surface area (Å²) in [6.45, 7) is 6.38. The lowest BCUT2D eigenvalue weighted by Gasteiger charge is -2.20. The Morgan fingerprint density at radius 3 is 2.43 bits per heavy atom. The van der Waals surface area contributed by atoms with Gasteiger partial charge < -0.3 is 4.74 Å². The highest BCUT2D eigenvalue weighted by Gasteiger charge is 2.67. The van der Waals surface area contributed by atoms with Crippen LogP contribution < -0.4 is 0 Å². The van der Waals surface area contributed by atoms with Gasteiger partial charge in [-0.3, -0.25) is 4.79 Å². The van der Waals surface area contributed by atoms with E-state index in [1.54, 1.807) is 0 Å². The van der Waals surface area contributed by atoms with Gasteiger partial charge in [-0.2, -0.15) is 0 Å². The molecule has 1 saturated carbocycles. The van der Waals surface area contributed by atoms with Gasteiger partial charge in [0.15, 0.2) is 3.24 Å². The summed E-state index contributed by atoms with van der Waals surface area (Å²) in [6.07, 6.45) is 0. The topological polar surface area (TPSA) is 26.3 Å². The van der Waals surface area contributed by atoms with Crippen molar-refractivity contribution >= 4 is 61.0 Å². The molecule has 0 bridgehead atoms. The number of carbonyl (C=O) groups is 1. The number of ether oxygens (including phenoxy) is 1. The zero-order valence-electron chi connectivity index (χ0n) is 15.9. The van der Waals surface area contributed by atoms with Crippen molar-refractivity contribution in [3.8, 4) is 11.1 Å². The van der Waals surface area contributed by atoms with Crippen LogP contribution in [0.1, 0.15) is 25.0 Å². The van der Waals surface area contributed by atoms with E-state index in [1.807, 2.05) is 44.2 Å². The molecule has 1 aliphatic carbocycles. The number of carbonyl (C=O) groups excluding carboxylic acids is 1. The first-order valence-corrected chi connectivity index (χ1v) is 11.5. The van der Waals surface area contributed by atoms with Crippen LogP contribution in [0.4, 0.5) is 0 Å². The average molecular weight is 549 g/mol. The third-order valence-electron chi connectivity index (χ3n) is 5.69. The summed E-state index contributed by atoms with van der Waals surface area (Å²) in [7, 11) is 0. The van der Waals surface area contributed by atoms with Crippen LogP contribution in [0.2, 0.25) is 0 Å². The third kappa shape index (κ3) is 4.45. The SMILES string of the molecule is Cc1c(COC(=O)[C@@H]2[C@H](C(Br)C(Cl)(Cl)Br)C2(C)C)cccc1-c1ccccc1. The molecule has 0 N–H and O–H groups in total. The van der Waals surface area contributed by atoms with E-state index in [0.29, 0.717) is 0 Å². The minimum absolute atomic E-state index is 0.00822. The molecule has 0 spiro atoms. The van der Waals surface area contributed by atoms with Gasteiger partial charge in [0.05, 0.1) is 10.7 Å². The number of hydrogen-bond donors (Lipinski definition) is 0. The van der Waals surface area contributed by atoms with Crippen molar-refractivity contribution in [2.45, 2.75) is 35.4 Å². The normalized spacial score (nSPS) is 21.8. The van der Waals surface area contributed by atoms with Crippen molar-refractivity contribution in [3.63, 3.8) is 0 Å². The molecular weight excluding hydrogens is 527 g/mol. The van der Waals surface area contributed by atoms with Gasteiger partial charge in [0.25, 0.3) is 0 Å². The lowest BCUT2D eigenvalue weighted by atomic mass is 9.97. The second-order valence-electron chi connectivity index (χ2n) is 7.83. The van der Waals surface area contributed by atoms with Gasteiger partial charge in [-0.15, -0.1) is 0 Å². The van der Waals surface area contributed by atoms with Gasteiger partial charge in [-0.25, -0.2) is 0 Å². The number of benzene rings is 2. The summed E-state index contributed by atoms with van der Waals surface area (Å²) in [5.74, 6) is -0.468. The molecule has 0 amide bonds. The standard InChI is InChI=1S/C22H22Br2Cl2O2/c1-13-15(10-7-11-16(13)14-8-5-4-6-9-14)12-28-20(27)18-17(21(18,2)3)19(23)22(24,25)26/h4-11,17-19H,12H2,1-3H3/t17-,18+,19?/m1/s1. The zero-order valence-corrected chi connectivity index (χ0v) is 20.6. The molecule has 0 radical (unpaired) electrons. The summed E-state index contributed by atoms with van der Waals surface area (Å²) < 4.78 is 4.56. The number of halogens is 4. The van der Waals surface area contributed by atoms with Crippen LogP contribution in [-0.4, -0.2) is 14.0 Å². The van der Waals surface area contributed by atoms with Gasteiger partial charge in [-0.05, 0) is 56.4 Å². The van der Waals surface area contributed by atoms with Gasteiger partial charge in [-0.1, -0.05) is 102 Å². The molecular formula is C22H22Br2Cl2O2. The maximum atomic E-state index is 12.8. The molecule has 3 rings (SSSR count). The Morgan fingerprint density at radius 1 is 1.18 bits per heavy atom. The fraction of sp³-hybridized carbons (Fsp3) is 0.409. The van der Waals surface area contributed by atoms with Crippen molar-refractivity contribution < 1.29 is 9.53 Å². The molecule has 3 atom stereocenters. The number of alkyl halides is 4. The van der Waals surface area contributed by atoms with Gasteiger partial charge in [0, 0.05) is 0 Å². The first-order valence-electron chi connectivity index (χ1n) is 9.06. The number of esters is 1. The Morgan fingerprint density at radius 2 is 1.82 bits per heavy atom. The van der Waals surface area contributed by atoms with E-state index in [0.717, 1.165) is 22.3 Å². The monoisotopic (exact) mass is 546 g/mol. The molecule has 2 aromatic carbocycles. The zero-order chi connectivity index (χ0) is 20.7. The fourth-order valence-electron chi connectivity index (χ4n) is 3.89. The molecule has 150 valence electrons. The van der Waals surface area contributed by atoms with Gasteiger partial charge in [0.2, 0.25) is 0 Å². The molecule has 1 aliphatic rings. The third-order valence-corrected chi connectivity index (χ3v) is 9.05. The van der Waals surface area contributed by atoms with E-state index in [4.69, 9.17) is 27.9 Å². The van der Waals surface area contributed by atoms with E-state index >= 15 is 0 Å². The van der Waals surface area contributed by atoms with Gasteiger partial charge >= 0.3 is 5.97 Å². The van der Waals surface area contributed by atoms with Crippen LogP contribution >= 0.6 is 55.1 Å². The lowest BCUT2D eigenvalue weighted by Crippen LogP contribution is -2.23. The molecule has 1 fully saturated rings. The molecule has 0 aromatic heterocycles. The maximum Gasteiger partial charge on any atom is 0.310 e. The van der Waals surface area contributed by atoms with Crippen molar-refractivity contribution in [2.75, 3.05) is 0 Å². The summed E-state index contributed by atoms with van der Waals surface area (Å²) >= 11 is 19.1. The lowest BCUT2D eigenvalue weighted by molar-refractivity contribution is -0.147. The highest BCUT2D eigenvalue weighted by molar-refractivity contribution is 9.13. The Bertz CT molecular complexity index is 863. The highest BCUT2D eigenvalue weighted by atomic mass is 79.9. The molecule has 28 heavy (non-hydrogen) atoms. The smallest absolute Gasteiger partial charge is 0.310 e. The largest absolute Gasteiger partial charge is 0.461 e. The molecule has 6 heteroatoms. The predicted octanol–water partition coefficient (Wildman–Crippen LogP) is 7.27. The van der Waals surface area contributed by atoms with E-state index in [-0.39, 0.29) is 34.7 Å². The summed E-state index contributed by atoms with van der Waals surface area (Å²) in [5, 5.41) is 0. The van der Waals surface area contributed by atoms with Crippen LogP contribution in [0.25, 0.3) is 11.1 Å². The Hall–Kier alpha value is -0.550. The minimum Gasteiger partial charge on any atom is -0.461 e. The van der Waals surface area contributed by atoms with Crippen LogP contribution in [0.15, 0.2) is 48.5 Å². The van der Waals surface area contributed by atoms with Crippen LogP contribution in [-0.2, 0) is 16.1 Å².